The molecular weight excluding hydrogens is 432 g/mol. The molecular formula is C26H30N4O2S. The molecule has 4 rings (SSSR count). The molecule has 0 amide bonds. The Morgan fingerprint density at radius 1 is 1.15 bits per heavy atom. The lowest BCUT2D eigenvalue weighted by molar-refractivity contribution is -0.140. The van der Waals surface area contributed by atoms with E-state index < -0.39 is 0 Å². The van der Waals surface area contributed by atoms with Crippen LogP contribution in [0.2, 0.25) is 0 Å². The van der Waals surface area contributed by atoms with Gasteiger partial charge in [-0.25, -0.2) is 0 Å². The van der Waals surface area contributed by atoms with Crippen molar-refractivity contribution < 1.29 is 9.53 Å². The fraction of sp³-hybridized carbons (Fsp3) is 0.346. The van der Waals surface area contributed by atoms with Crippen molar-refractivity contribution in [3.63, 3.8) is 0 Å². The van der Waals surface area contributed by atoms with Crippen LogP contribution < -0.4 is 5.32 Å². The molecule has 1 fully saturated rings. The van der Waals surface area contributed by atoms with Gasteiger partial charge in [-0.15, -0.1) is 0 Å². The van der Waals surface area contributed by atoms with Gasteiger partial charge in [-0.1, -0.05) is 23.8 Å². The summed E-state index contributed by atoms with van der Waals surface area (Å²) in [6.45, 7) is 7.04. The van der Waals surface area contributed by atoms with Gasteiger partial charge in [-0.05, 0) is 75.3 Å². The zero-order chi connectivity index (χ0) is 23.5. The van der Waals surface area contributed by atoms with Crippen molar-refractivity contribution in [1.82, 2.24) is 19.8 Å². The lowest BCUT2D eigenvalue weighted by Gasteiger charge is -2.28. The highest BCUT2D eigenvalue weighted by atomic mass is 32.1. The Bertz CT molecular complexity index is 1140. The largest absolute Gasteiger partial charge is 0.469 e. The quantitative estimate of drug-likeness (QED) is 0.405. The number of thiocarbonyl (C=S) groups is 1. The smallest absolute Gasteiger partial charge is 0.305 e. The first-order valence-corrected chi connectivity index (χ1v) is 11.6. The number of benzene rings is 1. The minimum atomic E-state index is -0.205. The predicted octanol–water partition coefficient (Wildman–Crippen LogP) is 4.72. The molecule has 1 aromatic carbocycles. The second kappa shape index (κ2) is 9.75. The van der Waals surface area contributed by atoms with E-state index in [9.17, 15) is 4.79 Å². The molecule has 2 atom stereocenters. The summed E-state index contributed by atoms with van der Waals surface area (Å²) in [5, 5.41) is 4.17. The summed E-state index contributed by atoms with van der Waals surface area (Å²) < 4.78 is 7.11. The van der Waals surface area contributed by atoms with Crippen LogP contribution in [0.25, 0.3) is 5.69 Å². The Morgan fingerprint density at radius 2 is 1.91 bits per heavy atom. The van der Waals surface area contributed by atoms with Gasteiger partial charge >= 0.3 is 5.97 Å². The zero-order valence-electron chi connectivity index (χ0n) is 19.5. The summed E-state index contributed by atoms with van der Waals surface area (Å²) in [4.78, 5) is 18.5. The van der Waals surface area contributed by atoms with E-state index in [1.807, 2.05) is 24.4 Å². The summed E-state index contributed by atoms with van der Waals surface area (Å²) in [6, 6.07) is 16.7. The van der Waals surface area contributed by atoms with Crippen molar-refractivity contribution >= 4 is 23.3 Å². The van der Waals surface area contributed by atoms with Crippen molar-refractivity contribution in [2.45, 2.75) is 45.7 Å². The van der Waals surface area contributed by atoms with Crippen LogP contribution in [0.5, 0.6) is 0 Å². The summed E-state index contributed by atoms with van der Waals surface area (Å²) in [5.41, 5.74) is 6.86. The number of carbonyl (C=O) groups is 1. The monoisotopic (exact) mass is 462 g/mol. The van der Waals surface area contributed by atoms with Gasteiger partial charge in [0.25, 0.3) is 0 Å². The average Bonchev–Trinajstić information content (AvgIpc) is 3.30. The number of aryl methyl sites for hydroxylation is 2. The van der Waals surface area contributed by atoms with Crippen molar-refractivity contribution in [3.8, 4) is 5.69 Å². The third kappa shape index (κ3) is 4.64. The molecule has 0 saturated carbocycles. The first kappa shape index (κ1) is 23.0. The average molecular weight is 463 g/mol. The maximum absolute atomic E-state index is 11.7. The molecule has 0 bridgehead atoms. The van der Waals surface area contributed by atoms with E-state index in [1.165, 1.54) is 29.6 Å². The summed E-state index contributed by atoms with van der Waals surface area (Å²) >= 11 is 5.76. The molecule has 6 nitrogen and oxygen atoms in total. The molecule has 7 heteroatoms. The lowest BCUT2D eigenvalue weighted by Crippen LogP contribution is -2.31. The molecule has 1 aliphatic rings. The fourth-order valence-electron chi connectivity index (χ4n) is 4.66. The number of nitrogens with one attached hydrogen (secondary N) is 1. The van der Waals surface area contributed by atoms with Gasteiger partial charge in [0.1, 0.15) is 0 Å². The second-order valence-electron chi connectivity index (χ2n) is 8.50. The van der Waals surface area contributed by atoms with Gasteiger partial charge in [0.05, 0.1) is 24.9 Å². The van der Waals surface area contributed by atoms with Gasteiger partial charge < -0.3 is 19.5 Å². The second-order valence-corrected chi connectivity index (χ2v) is 8.88. The van der Waals surface area contributed by atoms with Crippen LogP contribution in [0.1, 0.15) is 53.1 Å². The third-order valence-corrected chi connectivity index (χ3v) is 6.64. The van der Waals surface area contributed by atoms with Crippen LogP contribution in [0.3, 0.4) is 0 Å². The highest BCUT2D eigenvalue weighted by Gasteiger charge is 2.41. The Kier molecular flexibility index (Phi) is 6.79. The van der Waals surface area contributed by atoms with E-state index in [4.69, 9.17) is 17.0 Å². The fourth-order valence-corrected chi connectivity index (χ4v) is 4.99. The number of hydrogen-bond acceptors (Lipinski definition) is 4. The van der Waals surface area contributed by atoms with E-state index in [-0.39, 0.29) is 18.1 Å². The highest BCUT2D eigenvalue weighted by Crippen LogP contribution is 2.41. The van der Waals surface area contributed by atoms with E-state index in [0.717, 1.165) is 11.4 Å². The Morgan fingerprint density at radius 3 is 2.58 bits per heavy atom. The summed E-state index contributed by atoms with van der Waals surface area (Å²) in [6.07, 6.45) is 2.84. The Hall–Kier alpha value is -3.19. The standard InChI is InChI=1S/C26H30N4O2S/c1-17-10-12-20(13-11-17)30-18(2)16-21(19(30)3)25-24(22-8-5-6-14-27-22)28-26(33)29(25)15-7-9-23(31)32-4/h5-6,8,10-14,16,24-25H,7,9,15H2,1-4H3,(H,28,33). The van der Waals surface area contributed by atoms with E-state index in [2.05, 4.69) is 70.9 Å². The van der Waals surface area contributed by atoms with Crippen LogP contribution in [-0.2, 0) is 9.53 Å². The van der Waals surface area contributed by atoms with Gasteiger partial charge in [-0.2, -0.15) is 0 Å². The molecule has 2 unspecified atom stereocenters. The minimum absolute atomic E-state index is 0.0320. The van der Waals surface area contributed by atoms with Crippen molar-refractivity contribution in [1.29, 1.82) is 0 Å². The van der Waals surface area contributed by atoms with Crippen molar-refractivity contribution in [2.75, 3.05) is 13.7 Å². The van der Waals surface area contributed by atoms with Crippen LogP contribution in [0.4, 0.5) is 0 Å². The highest BCUT2D eigenvalue weighted by molar-refractivity contribution is 7.80. The maximum Gasteiger partial charge on any atom is 0.305 e. The number of methoxy groups -OCH3 is 1. The Balaban J connectivity index is 1.74. The topological polar surface area (TPSA) is 59.4 Å². The van der Waals surface area contributed by atoms with Gasteiger partial charge in [0.15, 0.2) is 5.11 Å². The summed E-state index contributed by atoms with van der Waals surface area (Å²) in [7, 11) is 1.42. The molecule has 1 aliphatic heterocycles. The van der Waals surface area contributed by atoms with Gasteiger partial charge in [0.2, 0.25) is 0 Å². The molecule has 0 radical (unpaired) electrons. The third-order valence-electron chi connectivity index (χ3n) is 6.29. The van der Waals surface area contributed by atoms with Crippen LogP contribution in [0, 0.1) is 20.8 Å². The van der Waals surface area contributed by atoms with E-state index >= 15 is 0 Å². The van der Waals surface area contributed by atoms with Crippen molar-refractivity contribution in [3.05, 3.63) is 82.9 Å². The Labute approximate surface area is 200 Å². The van der Waals surface area contributed by atoms with Gasteiger partial charge in [-0.3, -0.25) is 9.78 Å². The lowest BCUT2D eigenvalue weighted by atomic mass is 9.96. The molecule has 3 heterocycles. The number of nitrogens with zero attached hydrogens (tertiary/aromatic N) is 3. The number of ether oxygens (including phenoxy) is 1. The first-order valence-electron chi connectivity index (χ1n) is 11.2. The van der Waals surface area contributed by atoms with Crippen LogP contribution >= 0.6 is 12.2 Å². The normalized spacial score (nSPS) is 17.8. The molecule has 0 spiro atoms. The number of rotatable bonds is 7. The van der Waals surface area contributed by atoms with Crippen molar-refractivity contribution in [2.24, 2.45) is 0 Å². The number of aromatic nitrogens is 2. The van der Waals surface area contributed by atoms with E-state index in [0.29, 0.717) is 24.5 Å². The molecule has 3 aromatic rings. The van der Waals surface area contributed by atoms with Crippen LogP contribution in [0.15, 0.2) is 54.7 Å². The zero-order valence-corrected chi connectivity index (χ0v) is 20.4. The van der Waals surface area contributed by atoms with Crippen LogP contribution in [-0.4, -0.2) is 39.2 Å². The maximum atomic E-state index is 11.7. The summed E-state index contributed by atoms with van der Waals surface area (Å²) in [5.74, 6) is -0.205. The molecule has 1 N–H and O–H groups in total. The minimum Gasteiger partial charge on any atom is -0.469 e. The predicted molar refractivity (Wildman–Crippen MR) is 133 cm³/mol. The first-order chi connectivity index (χ1) is 15.9. The number of esters is 1. The number of carbonyl (C=O) groups excluding carboxylic acids is 1. The number of hydrogen-bond donors (Lipinski definition) is 1. The van der Waals surface area contributed by atoms with E-state index in [1.54, 1.807) is 0 Å². The van der Waals surface area contributed by atoms with Gasteiger partial charge in [0, 0.05) is 36.2 Å². The molecule has 172 valence electrons. The molecule has 33 heavy (non-hydrogen) atoms. The molecule has 0 aliphatic carbocycles. The molecule has 2 aromatic heterocycles. The SMILES string of the molecule is COC(=O)CCCN1C(=S)NC(c2ccccn2)C1c1cc(C)n(-c2ccc(C)cc2)c1C. The number of pyridine rings is 1. The molecule has 1 saturated heterocycles.